The van der Waals surface area contributed by atoms with E-state index in [1.54, 1.807) is 12.1 Å². The molecule has 0 heterocycles. The van der Waals surface area contributed by atoms with E-state index in [9.17, 15) is 0 Å². The Bertz CT molecular complexity index is 290. The Morgan fingerprint density at radius 2 is 1.80 bits per heavy atom. The van der Waals surface area contributed by atoms with Crippen molar-refractivity contribution in [1.82, 2.24) is 0 Å². The molecular formula is C11H16BO3. The Morgan fingerprint density at radius 3 is 2.27 bits per heavy atom. The predicted molar refractivity (Wildman–Crippen MR) is 59.6 cm³/mol. The van der Waals surface area contributed by atoms with Gasteiger partial charge in [0.25, 0.3) is 0 Å². The Balaban J connectivity index is 2.50. The van der Waals surface area contributed by atoms with Gasteiger partial charge in [0.05, 0.1) is 18.0 Å². The van der Waals surface area contributed by atoms with Crippen molar-refractivity contribution in [2.75, 3.05) is 0 Å². The third-order valence-electron chi connectivity index (χ3n) is 1.78. The molecule has 81 valence electrons. The number of benzene rings is 1. The van der Waals surface area contributed by atoms with Gasteiger partial charge in [-0.1, -0.05) is 12.1 Å². The summed E-state index contributed by atoms with van der Waals surface area (Å²) >= 11 is 0. The predicted octanol–water partition coefficient (Wildman–Crippen LogP) is 1.91. The molecule has 1 rings (SSSR count). The summed E-state index contributed by atoms with van der Waals surface area (Å²) in [5.74, 6) is 0.608. The van der Waals surface area contributed by atoms with E-state index < -0.39 is 0 Å². The van der Waals surface area contributed by atoms with Crippen LogP contribution in [0.25, 0.3) is 0 Å². The first kappa shape index (κ1) is 12.1. The summed E-state index contributed by atoms with van der Waals surface area (Å²) in [4.78, 5) is 0. The minimum Gasteiger partial charge on any atom is -0.537 e. The van der Waals surface area contributed by atoms with E-state index in [1.165, 1.54) is 0 Å². The molecule has 0 bridgehead atoms. The highest BCUT2D eigenvalue weighted by Crippen LogP contribution is 2.15. The van der Waals surface area contributed by atoms with Crippen molar-refractivity contribution in [2.24, 2.45) is 0 Å². The molecule has 0 atom stereocenters. The van der Waals surface area contributed by atoms with E-state index in [0.29, 0.717) is 20.0 Å². The van der Waals surface area contributed by atoms with Gasteiger partial charge in [0.15, 0.2) is 0 Å². The monoisotopic (exact) mass is 207 g/mol. The van der Waals surface area contributed by atoms with Gasteiger partial charge < -0.3 is 14.4 Å². The Kier molecular flexibility index (Phi) is 4.18. The van der Waals surface area contributed by atoms with E-state index in [2.05, 4.69) is 0 Å². The van der Waals surface area contributed by atoms with Gasteiger partial charge >= 0.3 is 7.69 Å². The number of hydrogen-bond donors (Lipinski definition) is 1. The van der Waals surface area contributed by atoms with Gasteiger partial charge in [0, 0.05) is 0 Å². The molecule has 0 spiro atoms. The smallest absolute Gasteiger partial charge is 0.537 e. The highest BCUT2D eigenvalue weighted by atomic mass is 16.5. The van der Waals surface area contributed by atoms with Gasteiger partial charge in [-0.2, -0.15) is 0 Å². The van der Waals surface area contributed by atoms with Crippen LogP contribution in [0.4, 0.5) is 0 Å². The Morgan fingerprint density at radius 1 is 1.20 bits per heavy atom. The zero-order valence-corrected chi connectivity index (χ0v) is 9.36. The van der Waals surface area contributed by atoms with Crippen LogP contribution in [-0.4, -0.2) is 18.3 Å². The fourth-order valence-corrected chi connectivity index (χ4v) is 1.02. The molecule has 1 N–H and O–H groups in total. The van der Waals surface area contributed by atoms with Crippen LogP contribution in [0.15, 0.2) is 24.3 Å². The summed E-state index contributed by atoms with van der Waals surface area (Å²) in [6, 6.07) is 7.39. The second-order valence-corrected chi connectivity index (χ2v) is 4.27. The van der Waals surface area contributed by atoms with Crippen LogP contribution in [0.1, 0.15) is 26.3 Å². The molecule has 0 aliphatic carbocycles. The van der Waals surface area contributed by atoms with Crippen LogP contribution in [0.5, 0.6) is 5.75 Å². The molecule has 3 nitrogen and oxygen atoms in total. The van der Waals surface area contributed by atoms with Gasteiger partial charge in [-0.25, -0.2) is 0 Å². The Hall–Kier alpha value is -0.995. The fraction of sp³-hybridized carbons (Fsp3) is 0.455. The van der Waals surface area contributed by atoms with Gasteiger partial charge in [-0.15, -0.1) is 0 Å². The minimum atomic E-state index is -0.131. The lowest BCUT2D eigenvalue weighted by Gasteiger charge is -2.19. The van der Waals surface area contributed by atoms with Gasteiger partial charge in [0.1, 0.15) is 0 Å². The summed E-state index contributed by atoms with van der Waals surface area (Å²) in [7, 11) is 0.667. The van der Waals surface area contributed by atoms with Crippen molar-refractivity contribution in [3.63, 3.8) is 0 Å². The number of hydrogen-bond acceptors (Lipinski definition) is 3. The molecule has 0 fully saturated rings. The first-order valence-electron chi connectivity index (χ1n) is 4.87. The average molecular weight is 207 g/mol. The molecule has 0 aromatic heterocycles. The quantitative estimate of drug-likeness (QED) is 0.766. The van der Waals surface area contributed by atoms with Gasteiger partial charge in [-0.3, -0.25) is 0 Å². The lowest BCUT2D eigenvalue weighted by Crippen LogP contribution is -2.18. The lowest BCUT2D eigenvalue weighted by molar-refractivity contribution is -0.0149. The highest BCUT2D eigenvalue weighted by molar-refractivity contribution is 6.17. The van der Waals surface area contributed by atoms with Gasteiger partial charge in [0.2, 0.25) is 0 Å². The normalized spacial score (nSPS) is 11.2. The van der Waals surface area contributed by atoms with Crippen LogP contribution in [0.3, 0.4) is 0 Å². The summed E-state index contributed by atoms with van der Waals surface area (Å²) in [6.45, 7) is 6.63. The van der Waals surface area contributed by atoms with E-state index in [1.807, 2.05) is 32.9 Å². The maximum Gasteiger partial charge on any atom is 0.569 e. The summed E-state index contributed by atoms with van der Waals surface area (Å²) in [5.41, 5.74) is 0.948. The third-order valence-corrected chi connectivity index (χ3v) is 1.78. The molecule has 0 amide bonds. The molecule has 4 heteroatoms. The first-order chi connectivity index (χ1) is 7.01. The SMILES string of the molecule is CC(C)(C)OCc1ccc(O[B]O)cc1. The summed E-state index contributed by atoms with van der Waals surface area (Å²) < 4.78 is 10.4. The van der Waals surface area contributed by atoms with Crippen molar-refractivity contribution in [1.29, 1.82) is 0 Å². The molecule has 0 aliphatic heterocycles. The van der Waals surface area contributed by atoms with Crippen molar-refractivity contribution in [3.8, 4) is 5.75 Å². The van der Waals surface area contributed by atoms with Gasteiger partial charge in [-0.05, 0) is 38.5 Å². The van der Waals surface area contributed by atoms with Crippen molar-refractivity contribution >= 4 is 7.69 Å². The van der Waals surface area contributed by atoms with Crippen LogP contribution >= 0.6 is 0 Å². The zero-order chi connectivity index (χ0) is 11.3. The van der Waals surface area contributed by atoms with E-state index >= 15 is 0 Å². The molecule has 15 heavy (non-hydrogen) atoms. The van der Waals surface area contributed by atoms with Crippen molar-refractivity contribution < 1.29 is 14.4 Å². The molecular weight excluding hydrogens is 191 g/mol. The summed E-state index contributed by atoms with van der Waals surface area (Å²) in [5, 5.41) is 8.43. The van der Waals surface area contributed by atoms with Crippen LogP contribution in [0, 0.1) is 0 Å². The molecule has 1 aromatic rings. The van der Waals surface area contributed by atoms with E-state index in [0.717, 1.165) is 5.56 Å². The zero-order valence-electron chi connectivity index (χ0n) is 9.36. The molecule has 1 aromatic carbocycles. The van der Waals surface area contributed by atoms with Crippen LogP contribution < -0.4 is 4.65 Å². The summed E-state index contributed by atoms with van der Waals surface area (Å²) in [6.07, 6.45) is 0. The van der Waals surface area contributed by atoms with Crippen LogP contribution in [-0.2, 0) is 11.3 Å². The maximum absolute atomic E-state index is 8.43. The van der Waals surface area contributed by atoms with E-state index in [4.69, 9.17) is 14.4 Å². The van der Waals surface area contributed by atoms with Crippen LogP contribution in [0.2, 0.25) is 0 Å². The second kappa shape index (κ2) is 5.19. The third kappa shape index (κ3) is 4.86. The number of ether oxygens (including phenoxy) is 1. The molecule has 0 saturated heterocycles. The standard InChI is InChI=1S/C11H16BO3/c1-11(2,3)14-8-9-4-6-10(7-5-9)15-12-13/h4-7,13H,8H2,1-3H3. The maximum atomic E-state index is 8.43. The second-order valence-electron chi connectivity index (χ2n) is 4.27. The fourth-order valence-electron chi connectivity index (χ4n) is 1.02. The molecule has 0 aliphatic rings. The lowest BCUT2D eigenvalue weighted by atomic mass is 10.2. The van der Waals surface area contributed by atoms with E-state index in [-0.39, 0.29) is 5.60 Å². The van der Waals surface area contributed by atoms with Crippen molar-refractivity contribution in [3.05, 3.63) is 29.8 Å². The molecule has 0 unspecified atom stereocenters. The Labute approximate surface area is 91.3 Å². The topological polar surface area (TPSA) is 38.7 Å². The molecule has 0 saturated carbocycles. The van der Waals surface area contributed by atoms with Crippen molar-refractivity contribution in [2.45, 2.75) is 33.0 Å². The largest absolute Gasteiger partial charge is 0.569 e. The average Bonchev–Trinajstić information content (AvgIpc) is 2.16. The number of rotatable bonds is 4. The molecule has 1 radical (unpaired) electrons. The minimum absolute atomic E-state index is 0.131. The first-order valence-corrected chi connectivity index (χ1v) is 4.87. The highest BCUT2D eigenvalue weighted by Gasteiger charge is 2.09.